The first-order valence-corrected chi connectivity index (χ1v) is 6.17. The lowest BCUT2D eigenvalue weighted by Crippen LogP contribution is -2.27. The molecule has 0 saturated carbocycles. The van der Waals surface area contributed by atoms with Crippen LogP contribution in [0.3, 0.4) is 0 Å². The van der Waals surface area contributed by atoms with Gasteiger partial charge in [-0.1, -0.05) is 6.07 Å². The van der Waals surface area contributed by atoms with Crippen LogP contribution in [0.15, 0.2) is 42.7 Å². The van der Waals surface area contributed by atoms with Gasteiger partial charge < -0.3 is 10.6 Å². The van der Waals surface area contributed by atoms with E-state index in [-0.39, 0.29) is 11.3 Å². The summed E-state index contributed by atoms with van der Waals surface area (Å²) in [5.74, 6) is -0.460. The summed E-state index contributed by atoms with van der Waals surface area (Å²) in [7, 11) is 1.57. The van der Waals surface area contributed by atoms with Gasteiger partial charge in [-0.15, -0.1) is 0 Å². The Bertz CT molecular complexity index is 673. The number of hydrogen-bond acceptors (Lipinski definition) is 5. The number of amides is 1. The standard InChI is InChI=1S/C14H14N4O3/c1-17(9-10-3-2-6-16-8-10)14(19)12-7-11(15)4-5-13(12)18(20)21/h2-8H,9,15H2,1H3. The topological polar surface area (TPSA) is 102 Å². The van der Waals surface area contributed by atoms with Crippen molar-refractivity contribution in [1.29, 1.82) is 0 Å². The molecule has 0 unspecified atom stereocenters. The summed E-state index contributed by atoms with van der Waals surface area (Å²) in [6, 6.07) is 7.54. The summed E-state index contributed by atoms with van der Waals surface area (Å²) >= 11 is 0. The van der Waals surface area contributed by atoms with Gasteiger partial charge in [0.2, 0.25) is 0 Å². The molecule has 21 heavy (non-hydrogen) atoms. The minimum atomic E-state index is -0.593. The smallest absolute Gasteiger partial charge is 0.282 e. The summed E-state index contributed by atoms with van der Waals surface area (Å²) in [6.07, 6.45) is 3.27. The average molecular weight is 286 g/mol. The quantitative estimate of drug-likeness (QED) is 0.525. The maximum absolute atomic E-state index is 12.4. The van der Waals surface area contributed by atoms with Gasteiger partial charge in [0.15, 0.2) is 0 Å². The van der Waals surface area contributed by atoms with E-state index in [9.17, 15) is 14.9 Å². The minimum absolute atomic E-state index is 0.0219. The number of carbonyl (C=O) groups is 1. The van der Waals surface area contributed by atoms with Crippen LogP contribution < -0.4 is 5.73 Å². The molecule has 0 aliphatic rings. The van der Waals surface area contributed by atoms with Crippen LogP contribution in [0.25, 0.3) is 0 Å². The number of rotatable bonds is 4. The minimum Gasteiger partial charge on any atom is -0.399 e. The normalized spacial score (nSPS) is 10.1. The summed E-state index contributed by atoms with van der Waals surface area (Å²) < 4.78 is 0. The molecule has 1 heterocycles. The highest BCUT2D eigenvalue weighted by Crippen LogP contribution is 2.23. The van der Waals surface area contributed by atoms with Crippen LogP contribution in [0, 0.1) is 10.1 Å². The lowest BCUT2D eigenvalue weighted by molar-refractivity contribution is -0.385. The zero-order valence-corrected chi connectivity index (χ0v) is 11.4. The number of nitrogen functional groups attached to an aromatic ring is 1. The molecule has 0 atom stereocenters. The van der Waals surface area contributed by atoms with Gasteiger partial charge in [0.05, 0.1) is 4.92 Å². The molecule has 2 aromatic rings. The van der Waals surface area contributed by atoms with Crippen molar-refractivity contribution in [2.75, 3.05) is 12.8 Å². The first-order chi connectivity index (χ1) is 9.99. The molecule has 0 radical (unpaired) electrons. The van der Waals surface area contributed by atoms with Gasteiger partial charge in [0.25, 0.3) is 11.6 Å². The fourth-order valence-electron chi connectivity index (χ4n) is 1.93. The number of nitro groups is 1. The van der Waals surface area contributed by atoms with Crippen molar-refractivity contribution in [3.05, 3.63) is 64.0 Å². The van der Waals surface area contributed by atoms with Crippen molar-refractivity contribution in [3.63, 3.8) is 0 Å². The van der Waals surface area contributed by atoms with Crippen LogP contribution in [-0.4, -0.2) is 27.8 Å². The molecule has 108 valence electrons. The Labute approximate surface area is 121 Å². The Morgan fingerprint density at radius 1 is 1.43 bits per heavy atom. The van der Waals surface area contributed by atoms with Gasteiger partial charge in [-0.2, -0.15) is 0 Å². The van der Waals surface area contributed by atoms with Gasteiger partial charge in [-0.05, 0) is 23.8 Å². The molecule has 0 saturated heterocycles. The molecule has 2 rings (SSSR count). The highest BCUT2D eigenvalue weighted by molar-refractivity contribution is 5.98. The Hall–Kier alpha value is -2.96. The molecular formula is C14H14N4O3. The van der Waals surface area contributed by atoms with E-state index in [2.05, 4.69) is 4.98 Å². The first kappa shape index (κ1) is 14.4. The van der Waals surface area contributed by atoms with Crippen LogP contribution in [0.2, 0.25) is 0 Å². The predicted molar refractivity (Wildman–Crippen MR) is 77.5 cm³/mol. The predicted octanol–water partition coefficient (Wildman–Crippen LogP) is 1.84. The molecular weight excluding hydrogens is 272 g/mol. The first-order valence-electron chi connectivity index (χ1n) is 6.17. The lowest BCUT2D eigenvalue weighted by Gasteiger charge is -2.17. The summed E-state index contributed by atoms with van der Waals surface area (Å²) in [5, 5.41) is 11.0. The Balaban J connectivity index is 2.27. The van der Waals surface area contributed by atoms with Crippen LogP contribution in [0.1, 0.15) is 15.9 Å². The van der Waals surface area contributed by atoms with Gasteiger partial charge in [-0.3, -0.25) is 19.9 Å². The molecule has 1 aromatic carbocycles. The van der Waals surface area contributed by atoms with Gasteiger partial charge >= 0.3 is 0 Å². The number of benzene rings is 1. The number of nitrogens with two attached hydrogens (primary N) is 1. The van der Waals surface area contributed by atoms with Crippen molar-refractivity contribution >= 4 is 17.3 Å². The van der Waals surface area contributed by atoms with E-state index in [1.165, 1.54) is 23.1 Å². The lowest BCUT2D eigenvalue weighted by atomic mass is 10.1. The maximum atomic E-state index is 12.4. The fraction of sp³-hybridized carbons (Fsp3) is 0.143. The molecule has 1 aromatic heterocycles. The van der Waals surface area contributed by atoms with Crippen LogP contribution in [0.4, 0.5) is 11.4 Å². The number of aromatic nitrogens is 1. The Morgan fingerprint density at radius 2 is 2.19 bits per heavy atom. The number of carbonyl (C=O) groups excluding carboxylic acids is 1. The van der Waals surface area contributed by atoms with Gasteiger partial charge in [0.1, 0.15) is 5.56 Å². The Morgan fingerprint density at radius 3 is 2.81 bits per heavy atom. The van der Waals surface area contributed by atoms with E-state index >= 15 is 0 Å². The molecule has 0 aliphatic carbocycles. The zero-order valence-electron chi connectivity index (χ0n) is 11.4. The van der Waals surface area contributed by atoms with E-state index in [0.29, 0.717) is 12.2 Å². The van der Waals surface area contributed by atoms with Gasteiger partial charge in [0, 0.05) is 37.7 Å². The van der Waals surface area contributed by atoms with E-state index in [1.807, 2.05) is 6.07 Å². The number of nitro benzene ring substituents is 1. The SMILES string of the molecule is CN(Cc1cccnc1)C(=O)c1cc(N)ccc1[N+](=O)[O-]. The van der Waals surface area contributed by atoms with E-state index in [4.69, 9.17) is 5.73 Å². The monoisotopic (exact) mass is 286 g/mol. The van der Waals surface area contributed by atoms with Crippen molar-refractivity contribution in [3.8, 4) is 0 Å². The number of anilines is 1. The van der Waals surface area contributed by atoms with Crippen LogP contribution in [0.5, 0.6) is 0 Å². The van der Waals surface area contributed by atoms with Crippen molar-refractivity contribution in [2.45, 2.75) is 6.54 Å². The fourth-order valence-corrected chi connectivity index (χ4v) is 1.93. The van der Waals surface area contributed by atoms with Crippen molar-refractivity contribution < 1.29 is 9.72 Å². The third-order valence-corrected chi connectivity index (χ3v) is 2.94. The second-order valence-electron chi connectivity index (χ2n) is 4.56. The molecule has 0 fully saturated rings. The Kier molecular flexibility index (Phi) is 4.13. The number of nitrogens with zero attached hydrogens (tertiary/aromatic N) is 3. The number of pyridine rings is 1. The highest BCUT2D eigenvalue weighted by atomic mass is 16.6. The van der Waals surface area contributed by atoms with E-state index in [1.54, 1.807) is 25.5 Å². The second-order valence-corrected chi connectivity index (χ2v) is 4.56. The third kappa shape index (κ3) is 3.33. The molecule has 2 N–H and O–H groups in total. The molecule has 0 aliphatic heterocycles. The molecule has 0 bridgehead atoms. The van der Waals surface area contributed by atoms with Gasteiger partial charge in [-0.25, -0.2) is 0 Å². The third-order valence-electron chi connectivity index (χ3n) is 2.94. The largest absolute Gasteiger partial charge is 0.399 e. The summed E-state index contributed by atoms with van der Waals surface area (Å²) in [5.41, 5.74) is 6.47. The van der Waals surface area contributed by atoms with Crippen molar-refractivity contribution in [1.82, 2.24) is 9.88 Å². The second kappa shape index (κ2) is 6.00. The van der Waals surface area contributed by atoms with Crippen LogP contribution >= 0.6 is 0 Å². The average Bonchev–Trinajstić information content (AvgIpc) is 2.47. The summed E-state index contributed by atoms with van der Waals surface area (Å²) in [4.78, 5) is 28.1. The van der Waals surface area contributed by atoms with Crippen molar-refractivity contribution in [2.24, 2.45) is 0 Å². The molecule has 7 nitrogen and oxygen atoms in total. The van der Waals surface area contributed by atoms with E-state index in [0.717, 1.165) is 5.56 Å². The highest BCUT2D eigenvalue weighted by Gasteiger charge is 2.23. The molecule has 1 amide bonds. The van der Waals surface area contributed by atoms with E-state index < -0.39 is 10.8 Å². The maximum Gasteiger partial charge on any atom is 0.282 e. The molecule has 0 spiro atoms. The van der Waals surface area contributed by atoms with Crippen LogP contribution in [-0.2, 0) is 6.54 Å². The molecule has 7 heteroatoms. The number of hydrogen-bond donors (Lipinski definition) is 1. The zero-order chi connectivity index (χ0) is 15.4. The summed E-state index contributed by atoms with van der Waals surface area (Å²) in [6.45, 7) is 0.304.